The van der Waals surface area contributed by atoms with E-state index in [-0.39, 0.29) is 16.2 Å². The van der Waals surface area contributed by atoms with Crippen LogP contribution < -0.4 is 9.05 Å². The van der Waals surface area contributed by atoms with Gasteiger partial charge in [-0.05, 0) is 47.8 Å². The fourth-order valence-corrected chi connectivity index (χ4v) is 7.02. The van der Waals surface area contributed by atoms with Crippen molar-refractivity contribution >= 4 is 17.2 Å². The fourth-order valence-electron chi connectivity index (χ4n) is 4.50. The Kier molecular flexibility index (Phi) is 9.14. The lowest BCUT2D eigenvalue weighted by molar-refractivity contribution is -0.0673. The van der Waals surface area contributed by atoms with Crippen LogP contribution in [0.15, 0.2) is 36.4 Å². The number of hydrogen-bond acceptors (Lipinski definition) is 6. The average Bonchev–Trinajstić information content (AvgIpc) is 2.82. The van der Waals surface area contributed by atoms with Gasteiger partial charge in [0, 0.05) is 11.1 Å². The van der Waals surface area contributed by atoms with E-state index in [0.717, 1.165) is 23.5 Å². The molecule has 2 aliphatic rings. The standard InChI is InChI=1S/C30H44O6P2/c1-21(2)14-23-11-13-27(25(16-23)29(7,8)9)36-38-33-19-30(20-34-38)17-31-37(32-18-30)35-26-12-10-22(3)15-24(26)28(4,5)6/h10-13,15-16,21H,14,17-20H2,1-9H3. The highest BCUT2D eigenvalue weighted by molar-refractivity contribution is 7.42. The molecule has 0 aliphatic carbocycles. The molecule has 1 spiro atoms. The molecule has 0 aromatic heterocycles. The molecule has 0 atom stereocenters. The van der Waals surface area contributed by atoms with Crippen molar-refractivity contribution in [3.05, 3.63) is 58.7 Å². The molecule has 4 rings (SSSR count). The third-order valence-corrected chi connectivity index (χ3v) is 8.74. The van der Waals surface area contributed by atoms with Crippen molar-refractivity contribution in [2.45, 2.75) is 79.6 Å². The second-order valence-electron chi connectivity index (χ2n) is 13.2. The Bertz CT molecular complexity index is 1090. The highest BCUT2D eigenvalue weighted by Gasteiger charge is 2.45. The van der Waals surface area contributed by atoms with Crippen LogP contribution in [0.2, 0.25) is 0 Å². The van der Waals surface area contributed by atoms with E-state index >= 15 is 0 Å². The van der Waals surface area contributed by atoms with Crippen molar-refractivity contribution < 1.29 is 27.1 Å². The summed E-state index contributed by atoms with van der Waals surface area (Å²) in [5, 5.41) is 0. The van der Waals surface area contributed by atoms with Crippen molar-refractivity contribution in [1.82, 2.24) is 0 Å². The second kappa shape index (κ2) is 11.7. The Morgan fingerprint density at radius 2 is 1.18 bits per heavy atom. The lowest BCUT2D eigenvalue weighted by atomic mass is 9.84. The minimum Gasteiger partial charge on any atom is -0.426 e. The summed E-state index contributed by atoms with van der Waals surface area (Å²) < 4.78 is 36.8. The zero-order chi connectivity index (χ0) is 27.7. The molecule has 0 bridgehead atoms. The maximum absolute atomic E-state index is 6.28. The molecular formula is C30H44O6P2. The highest BCUT2D eigenvalue weighted by Crippen LogP contribution is 2.54. The van der Waals surface area contributed by atoms with Gasteiger partial charge in [0.15, 0.2) is 0 Å². The van der Waals surface area contributed by atoms with Gasteiger partial charge in [-0.3, -0.25) is 0 Å². The average molecular weight is 563 g/mol. The van der Waals surface area contributed by atoms with E-state index in [1.54, 1.807) is 0 Å². The molecular weight excluding hydrogens is 518 g/mol. The van der Waals surface area contributed by atoms with E-state index in [9.17, 15) is 0 Å². The van der Waals surface area contributed by atoms with Crippen LogP contribution in [0.5, 0.6) is 11.5 Å². The molecule has 2 aromatic rings. The topological polar surface area (TPSA) is 55.4 Å². The van der Waals surface area contributed by atoms with Gasteiger partial charge >= 0.3 is 17.2 Å². The molecule has 6 nitrogen and oxygen atoms in total. The normalized spacial score (nSPS) is 24.6. The third-order valence-electron chi connectivity index (χ3n) is 6.69. The Morgan fingerprint density at radius 3 is 1.63 bits per heavy atom. The molecule has 8 heteroatoms. The van der Waals surface area contributed by atoms with Crippen molar-refractivity contribution in [3.63, 3.8) is 0 Å². The number of hydrogen-bond donors (Lipinski definition) is 0. The monoisotopic (exact) mass is 562 g/mol. The molecule has 2 aromatic carbocycles. The molecule has 0 amide bonds. The maximum Gasteiger partial charge on any atom is 0.397 e. The van der Waals surface area contributed by atoms with Gasteiger partial charge in [0.1, 0.15) is 11.5 Å². The molecule has 210 valence electrons. The molecule has 2 saturated heterocycles. The van der Waals surface area contributed by atoms with E-state index in [2.05, 4.69) is 92.6 Å². The first-order chi connectivity index (χ1) is 17.7. The van der Waals surface area contributed by atoms with E-state index in [1.165, 1.54) is 16.7 Å². The van der Waals surface area contributed by atoms with E-state index in [1.807, 2.05) is 6.07 Å². The zero-order valence-electron chi connectivity index (χ0n) is 24.4. The molecule has 0 unspecified atom stereocenters. The van der Waals surface area contributed by atoms with Crippen molar-refractivity contribution in [2.24, 2.45) is 11.3 Å². The summed E-state index contributed by atoms with van der Waals surface area (Å²) in [6.07, 6.45) is 1.04. The largest absolute Gasteiger partial charge is 0.426 e. The fraction of sp³-hybridized carbons (Fsp3) is 0.600. The van der Waals surface area contributed by atoms with Crippen LogP contribution in [0.1, 0.15) is 77.6 Å². The van der Waals surface area contributed by atoms with Crippen LogP contribution in [-0.2, 0) is 35.3 Å². The first kappa shape index (κ1) is 29.7. The van der Waals surface area contributed by atoms with Gasteiger partial charge in [0.05, 0.1) is 31.8 Å². The first-order valence-corrected chi connectivity index (χ1v) is 15.7. The summed E-state index contributed by atoms with van der Waals surface area (Å²) in [6.45, 7) is 21.6. The zero-order valence-corrected chi connectivity index (χ0v) is 26.2. The van der Waals surface area contributed by atoms with Crippen LogP contribution >= 0.6 is 17.2 Å². The van der Waals surface area contributed by atoms with E-state index in [4.69, 9.17) is 27.1 Å². The van der Waals surface area contributed by atoms with Crippen LogP contribution in [0.4, 0.5) is 0 Å². The lowest BCUT2D eigenvalue weighted by Gasteiger charge is -2.41. The Labute approximate surface area is 231 Å². The number of rotatable bonds is 6. The minimum absolute atomic E-state index is 0.0441. The van der Waals surface area contributed by atoms with Gasteiger partial charge in [0.2, 0.25) is 0 Å². The van der Waals surface area contributed by atoms with Crippen LogP contribution in [0.25, 0.3) is 0 Å². The van der Waals surface area contributed by atoms with Gasteiger partial charge in [-0.15, -0.1) is 0 Å². The third kappa shape index (κ3) is 7.47. The SMILES string of the molecule is Cc1ccc(OP2OCC3(CO2)COP(Oc2ccc(CC(C)C)cc2C(C)(C)C)OC3)c(C(C)(C)C)c1. The molecule has 0 radical (unpaired) electrons. The molecule has 2 fully saturated rings. The minimum atomic E-state index is -1.50. The smallest absolute Gasteiger partial charge is 0.397 e. The molecule has 0 saturated carbocycles. The van der Waals surface area contributed by atoms with Gasteiger partial charge in [-0.25, -0.2) is 0 Å². The van der Waals surface area contributed by atoms with Crippen molar-refractivity contribution in [2.75, 3.05) is 26.4 Å². The summed E-state index contributed by atoms with van der Waals surface area (Å²) in [6, 6.07) is 12.7. The Morgan fingerprint density at radius 1 is 0.737 bits per heavy atom. The first-order valence-electron chi connectivity index (χ1n) is 13.5. The Hall–Kier alpha value is -1.26. The van der Waals surface area contributed by atoms with Crippen molar-refractivity contribution in [1.29, 1.82) is 0 Å². The second-order valence-corrected chi connectivity index (χ2v) is 15.4. The van der Waals surface area contributed by atoms with Gasteiger partial charge in [-0.2, -0.15) is 0 Å². The number of benzene rings is 2. The quantitative estimate of drug-likeness (QED) is 0.328. The van der Waals surface area contributed by atoms with Crippen molar-refractivity contribution in [3.8, 4) is 11.5 Å². The highest BCUT2D eigenvalue weighted by atomic mass is 31.2. The Balaban J connectivity index is 1.34. The van der Waals surface area contributed by atoms with Crippen LogP contribution in [0.3, 0.4) is 0 Å². The molecule has 0 N–H and O–H groups in total. The summed E-state index contributed by atoms with van der Waals surface area (Å²) >= 11 is 0. The molecule has 2 heterocycles. The van der Waals surface area contributed by atoms with Gasteiger partial charge in [-0.1, -0.05) is 85.2 Å². The summed E-state index contributed by atoms with van der Waals surface area (Å²) in [4.78, 5) is 0. The molecule has 38 heavy (non-hydrogen) atoms. The van der Waals surface area contributed by atoms with Crippen LogP contribution in [0, 0.1) is 18.3 Å². The predicted octanol–water partition coefficient (Wildman–Crippen LogP) is 8.78. The molecule has 2 aliphatic heterocycles. The van der Waals surface area contributed by atoms with Gasteiger partial charge < -0.3 is 27.1 Å². The van der Waals surface area contributed by atoms with Gasteiger partial charge in [0.25, 0.3) is 0 Å². The van der Waals surface area contributed by atoms with Crippen LogP contribution in [-0.4, -0.2) is 26.4 Å². The van der Waals surface area contributed by atoms with E-state index < -0.39 is 17.2 Å². The summed E-state index contributed by atoms with van der Waals surface area (Å²) in [7, 11) is -2.98. The van der Waals surface area contributed by atoms with E-state index in [0.29, 0.717) is 32.3 Å². The maximum atomic E-state index is 6.28. The summed E-state index contributed by atoms with van der Waals surface area (Å²) in [5.41, 5.74) is 4.38. The number of aryl methyl sites for hydroxylation is 1. The summed E-state index contributed by atoms with van der Waals surface area (Å²) in [5.74, 6) is 2.24. The predicted molar refractivity (Wildman–Crippen MR) is 155 cm³/mol. The lowest BCUT2D eigenvalue weighted by Crippen LogP contribution is -2.45.